The zero-order chi connectivity index (χ0) is 21.6. The van der Waals surface area contributed by atoms with Crippen LogP contribution < -0.4 is 10.5 Å². The number of fused-ring (bicyclic) bond motifs is 1. The fourth-order valence-electron chi connectivity index (χ4n) is 4.35. The fourth-order valence-corrected chi connectivity index (χ4v) is 5.72. The fraction of sp³-hybridized carbons (Fsp3) is 0.455. The Balaban J connectivity index is 1.91. The third-order valence-corrected chi connectivity index (χ3v) is 7.00. The Morgan fingerprint density at radius 2 is 1.93 bits per heavy atom. The molecule has 2 atom stereocenters. The van der Waals surface area contributed by atoms with Crippen LogP contribution in [0.2, 0.25) is 0 Å². The lowest BCUT2D eigenvalue weighted by Crippen LogP contribution is -2.40. The summed E-state index contributed by atoms with van der Waals surface area (Å²) in [5.74, 6) is 1.54. The standard InChI is InChI=1S/C22H26N4O2S2/c1-5-25-21(28)17(30-22(25)29)9-16-19(24-10-14(3)8-15(4)11-24)23-18-7-6-13(2)12-26(18)20(16)27/h6-7,9,12,14-15H,5,8,10-11H2,1-4H3/b17-9-/t14-,15+. The highest BCUT2D eigenvalue weighted by Crippen LogP contribution is 2.34. The van der Waals surface area contributed by atoms with Gasteiger partial charge in [-0.15, -0.1) is 0 Å². The van der Waals surface area contributed by atoms with Crippen molar-refractivity contribution in [2.45, 2.75) is 34.1 Å². The van der Waals surface area contributed by atoms with Gasteiger partial charge in [0.05, 0.1) is 10.5 Å². The van der Waals surface area contributed by atoms with E-state index < -0.39 is 0 Å². The summed E-state index contributed by atoms with van der Waals surface area (Å²) in [6.45, 7) is 10.5. The Bertz CT molecular complexity index is 1110. The van der Waals surface area contributed by atoms with Gasteiger partial charge in [-0.1, -0.05) is 43.9 Å². The molecule has 2 aliphatic rings. The minimum absolute atomic E-state index is 0.146. The van der Waals surface area contributed by atoms with E-state index in [-0.39, 0.29) is 11.5 Å². The number of thioether (sulfide) groups is 1. The van der Waals surface area contributed by atoms with E-state index in [1.807, 2.05) is 26.0 Å². The molecule has 6 nitrogen and oxygen atoms in total. The minimum Gasteiger partial charge on any atom is -0.355 e. The van der Waals surface area contributed by atoms with Gasteiger partial charge in [-0.2, -0.15) is 0 Å². The summed E-state index contributed by atoms with van der Waals surface area (Å²) < 4.78 is 2.10. The number of carbonyl (C=O) groups excluding carboxylic acids is 1. The van der Waals surface area contributed by atoms with Crippen molar-refractivity contribution < 1.29 is 4.79 Å². The number of thiocarbonyl (C=S) groups is 1. The van der Waals surface area contributed by atoms with Crippen LogP contribution in [0.1, 0.15) is 38.3 Å². The van der Waals surface area contributed by atoms with Gasteiger partial charge in [0.15, 0.2) is 0 Å². The van der Waals surface area contributed by atoms with E-state index in [0.29, 0.717) is 44.6 Å². The van der Waals surface area contributed by atoms with Crippen molar-refractivity contribution >= 4 is 51.7 Å². The van der Waals surface area contributed by atoms with Crippen LogP contribution in [-0.4, -0.2) is 44.1 Å². The molecule has 0 bridgehead atoms. The number of pyridine rings is 1. The molecule has 4 heterocycles. The molecule has 0 spiro atoms. The maximum atomic E-state index is 13.5. The third kappa shape index (κ3) is 3.78. The Kier molecular flexibility index (Phi) is 5.72. The van der Waals surface area contributed by atoms with Gasteiger partial charge in [0.2, 0.25) is 0 Å². The molecule has 2 aliphatic heterocycles. The predicted molar refractivity (Wildman–Crippen MR) is 127 cm³/mol. The van der Waals surface area contributed by atoms with Crippen molar-refractivity contribution in [2.24, 2.45) is 11.8 Å². The van der Waals surface area contributed by atoms with E-state index in [1.54, 1.807) is 21.6 Å². The molecule has 2 saturated heterocycles. The molecule has 0 unspecified atom stereocenters. The summed E-state index contributed by atoms with van der Waals surface area (Å²) >= 11 is 6.59. The maximum absolute atomic E-state index is 13.5. The maximum Gasteiger partial charge on any atom is 0.267 e. The highest BCUT2D eigenvalue weighted by molar-refractivity contribution is 8.26. The van der Waals surface area contributed by atoms with Gasteiger partial charge in [0.1, 0.15) is 15.8 Å². The summed E-state index contributed by atoms with van der Waals surface area (Å²) in [5, 5.41) is 0. The molecule has 0 N–H and O–H groups in total. The number of aromatic nitrogens is 2. The van der Waals surface area contributed by atoms with E-state index in [1.165, 1.54) is 11.8 Å². The van der Waals surface area contributed by atoms with Crippen LogP contribution in [0.3, 0.4) is 0 Å². The average Bonchev–Trinajstić information content (AvgIpc) is 2.96. The second kappa shape index (κ2) is 8.15. The number of hydrogen-bond acceptors (Lipinski definition) is 6. The van der Waals surface area contributed by atoms with Crippen molar-refractivity contribution in [1.82, 2.24) is 14.3 Å². The Morgan fingerprint density at radius 3 is 2.57 bits per heavy atom. The first-order valence-corrected chi connectivity index (χ1v) is 11.5. The number of rotatable bonds is 3. The van der Waals surface area contributed by atoms with E-state index in [2.05, 4.69) is 18.7 Å². The molecule has 0 radical (unpaired) electrons. The molecule has 8 heteroatoms. The highest BCUT2D eigenvalue weighted by atomic mass is 32.2. The lowest BCUT2D eigenvalue weighted by atomic mass is 9.91. The molecular formula is C22H26N4O2S2. The van der Waals surface area contributed by atoms with E-state index >= 15 is 0 Å². The average molecular weight is 443 g/mol. The van der Waals surface area contributed by atoms with Crippen LogP contribution in [-0.2, 0) is 4.79 Å². The molecule has 1 amide bonds. The number of nitrogens with zero attached hydrogens (tertiary/aromatic N) is 4. The molecule has 158 valence electrons. The van der Waals surface area contributed by atoms with Gasteiger partial charge >= 0.3 is 0 Å². The summed E-state index contributed by atoms with van der Waals surface area (Å²) in [4.78, 5) is 35.4. The van der Waals surface area contributed by atoms with Crippen LogP contribution >= 0.6 is 24.0 Å². The quantitative estimate of drug-likeness (QED) is 0.534. The Labute approximate surface area is 186 Å². The number of likely N-dealkylation sites (N-methyl/N-ethyl adjacent to an activating group) is 1. The summed E-state index contributed by atoms with van der Waals surface area (Å²) in [6.07, 6.45) is 4.65. The normalized spacial score (nSPS) is 23.8. The lowest BCUT2D eigenvalue weighted by molar-refractivity contribution is -0.121. The van der Waals surface area contributed by atoms with Crippen LogP contribution in [0.15, 0.2) is 28.0 Å². The summed E-state index contributed by atoms with van der Waals surface area (Å²) in [7, 11) is 0. The summed E-state index contributed by atoms with van der Waals surface area (Å²) in [5.41, 5.74) is 1.88. The topological polar surface area (TPSA) is 57.9 Å². The van der Waals surface area contributed by atoms with Crippen LogP contribution in [0, 0.1) is 18.8 Å². The van der Waals surface area contributed by atoms with Crippen molar-refractivity contribution in [3.8, 4) is 0 Å². The van der Waals surface area contributed by atoms with Crippen molar-refractivity contribution in [3.63, 3.8) is 0 Å². The van der Waals surface area contributed by atoms with Gasteiger partial charge in [0, 0.05) is 25.8 Å². The molecule has 0 saturated carbocycles. The Hall–Kier alpha value is -2.19. The molecule has 4 rings (SSSR count). The van der Waals surface area contributed by atoms with Gasteiger partial charge in [0.25, 0.3) is 11.5 Å². The second-order valence-corrected chi connectivity index (χ2v) is 10.0. The van der Waals surface area contributed by atoms with Crippen LogP contribution in [0.25, 0.3) is 11.7 Å². The van der Waals surface area contributed by atoms with E-state index in [0.717, 1.165) is 25.1 Å². The van der Waals surface area contributed by atoms with Crippen LogP contribution in [0.4, 0.5) is 5.82 Å². The first kappa shape index (κ1) is 21.1. The lowest BCUT2D eigenvalue weighted by Gasteiger charge is -2.36. The zero-order valence-electron chi connectivity index (χ0n) is 17.7. The SMILES string of the molecule is CCN1C(=O)/C(=C/c2c(N3C[C@H](C)C[C@H](C)C3)nc3ccc(C)cn3c2=O)SC1=S. The van der Waals surface area contributed by atoms with Crippen molar-refractivity contribution in [2.75, 3.05) is 24.5 Å². The predicted octanol–water partition coefficient (Wildman–Crippen LogP) is 3.71. The summed E-state index contributed by atoms with van der Waals surface area (Å²) in [6, 6.07) is 3.83. The van der Waals surface area contributed by atoms with Gasteiger partial charge in [-0.05, 0) is 49.8 Å². The second-order valence-electron chi connectivity index (χ2n) is 8.37. The van der Waals surface area contributed by atoms with Crippen LogP contribution in [0.5, 0.6) is 0 Å². The van der Waals surface area contributed by atoms with E-state index in [9.17, 15) is 9.59 Å². The number of amides is 1. The smallest absolute Gasteiger partial charge is 0.267 e. The molecule has 0 aromatic carbocycles. The molecule has 2 aromatic rings. The number of piperidine rings is 1. The first-order valence-electron chi connectivity index (χ1n) is 10.3. The van der Waals surface area contributed by atoms with Gasteiger partial charge in [-0.3, -0.25) is 18.9 Å². The number of carbonyl (C=O) groups is 1. The molecule has 0 aliphatic carbocycles. The molecular weight excluding hydrogens is 416 g/mol. The Morgan fingerprint density at radius 1 is 1.23 bits per heavy atom. The highest BCUT2D eigenvalue weighted by Gasteiger charge is 2.32. The molecule has 30 heavy (non-hydrogen) atoms. The minimum atomic E-state index is -0.161. The molecule has 2 fully saturated rings. The number of anilines is 1. The monoisotopic (exact) mass is 442 g/mol. The zero-order valence-corrected chi connectivity index (χ0v) is 19.3. The number of aryl methyl sites for hydroxylation is 1. The largest absolute Gasteiger partial charge is 0.355 e. The van der Waals surface area contributed by atoms with Crippen molar-refractivity contribution in [1.29, 1.82) is 0 Å². The van der Waals surface area contributed by atoms with Crippen molar-refractivity contribution in [3.05, 3.63) is 44.7 Å². The van der Waals surface area contributed by atoms with Gasteiger partial charge in [-0.25, -0.2) is 4.98 Å². The third-order valence-electron chi connectivity index (χ3n) is 5.62. The molecule has 2 aromatic heterocycles. The van der Waals surface area contributed by atoms with E-state index in [4.69, 9.17) is 17.2 Å². The first-order chi connectivity index (χ1) is 14.3. The van der Waals surface area contributed by atoms with Gasteiger partial charge < -0.3 is 4.90 Å². The number of hydrogen-bond donors (Lipinski definition) is 0.